The highest BCUT2D eigenvalue weighted by Crippen LogP contribution is 2.44. The van der Waals surface area contributed by atoms with Crippen LogP contribution in [-0.2, 0) is 17.5 Å². The van der Waals surface area contributed by atoms with E-state index in [1.54, 1.807) is 24.3 Å². The number of aromatic nitrogens is 1. The number of halogens is 1. The SMILES string of the molecule is CC(C)(C)[S@](=O)N1Cc2cc(C(=O)NC3CCC3)nc(-c3cccc(-c4ccccc4F)c3)c2[C@@H]1CCO. The van der Waals surface area contributed by atoms with E-state index in [4.69, 9.17) is 4.98 Å². The maximum Gasteiger partial charge on any atom is 0.270 e. The zero-order valence-corrected chi connectivity index (χ0v) is 22.9. The first-order chi connectivity index (χ1) is 18.2. The molecule has 200 valence electrons. The largest absolute Gasteiger partial charge is 0.396 e. The number of aliphatic hydroxyl groups is 1. The summed E-state index contributed by atoms with van der Waals surface area (Å²) >= 11 is 0. The molecule has 1 aromatic heterocycles. The maximum atomic E-state index is 14.6. The number of hydrogen-bond acceptors (Lipinski definition) is 4. The Labute approximate surface area is 225 Å². The van der Waals surface area contributed by atoms with Gasteiger partial charge in [-0.25, -0.2) is 17.9 Å². The summed E-state index contributed by atoms with van der Waals surface area (Å²) in [5.41, 5.74) is 4.58. The molecule has 1 saturated carbocycles. The van der Waals surface area contributed by atoms with E-state index in [-0.39, 0.29) is 30.4 Å². The van der Waals surface area contributed by atoms with Crippen molar-refractivity contribution in [1.29, 1.82) is 0 Å². The average Bonchev–Trinajstić information content (AvgIpc) is 3.23. The Kier molecular flexibility index (Phi) is 7.49. The molecule has 0 unspecified atom stereocenters. The van der Waals surface area contributed by atoms with Gasteiger partial charge in [-0.05, 0) is 75.8 Å². The fraction of sp³-hybridized carbons (Fsp3) is 0.400. The molecule has 1 aliphatic heterocycles. The van der Waals surface area contributed by atoms with Gasteiger partial charge in [-0.2, -0.15) is 0 Å². The summed E-state index contributed by atoms with van der Waals surface area (Å²) in [4.78, 5) is 18.1. The van der Waals surface area contributed by atoms with Gasteiger partial charge in [-0.15, -0.1) is 0 Å². The normalized spacial score (nSPS) is 18.6. The number of nitrogens with one attached hydrogen (secondary N) is 1. The Morgan fingerprint density at radius 1 is 1.13 bits per heavy atom. The third kappa shape index (κ3) is 5.17. The molecule has 1 amide bonds. The third-order valence-corrected chi connectivity index (χ3v) is 9.14. The summed E-state index contributed by atoms with van der Waals surface area (Å²) in [7, 11) is -1.35. The molecule has 1 aliphatic carbocycles. The van der Waals surface area contributed by atoms with Crippen LogP contribution in [0.3, 0.4) is 0 Å². The highest BCUT2D eigenvalue weighted by Gasteiger charge is 2.40. The smallest absolute Gasteiger partial charge is 0.270 e. The standard InChI is InChI=1S/C30H34FN3O3S/c1-30(2,3)38(37)34-18-21-17-25(29(36)32-22-10-7-11-22)33-28(27(21)26(34)14-15-35)20-9-6-8-19(16-20)23-12-4-5-13-24(23)31/h4-6,8-9,12-13,16-17,22,26,35H,7,10-11,14-15,18H2,1-3H3,(H,32,36)/t26-,38-/m0/s1. The molecule has 3 aromatic rings. The molecule has 0 radical (unpaired) electrons. The maximum absolute atomic E-state index is 14.6. The van der Waals surface area contributed by atoms with Crippen LogP contribution in [0.15, 0.2) is 54.6 Å². The van der Waals surface area contributed by atoms with E-state index >= 15 is 0 Å². The second-order valence-electron chi connectivity index (χ2n) is 11.1. The molecule has 2 heterocycles. The quantitative estimate of drug-likeness (QED) is 0.416. The lowest BCUT2D eigenvalue weighted by Gasteiger charge is -2.30. The summed E-state index contributed by atoms with van der Waals surface area (Å²) < 4.78 is 29.6. The highest BCUT2D eigenvalue weighted by molar-refractivity contribution is 7.84. The Bertz CT molecular complexity index is 1380. The predicted molar refractivity (Wildman–Crippen MR) is 148 cm³/mol. The minimum atomic E-state index is -1.35. The molecular weight excluding hydrogens is 501 g/mol. The van der Waals surface area contributed by atoms with Crippen molar-refractivity contribution in [3.63, 3.8) is 0 Å². The summed E-state index contributed by atoms with van der Waals surface area (Å²) in [6.07, 6.45) is 3.41. The number of amides is 1. The third-order valence-electron chi connectivity index (χ3n) is 7.28. The molecule has 6 nitrogen and oxygen atoms in total. The van der Waals surface area contributed by atoms with Crippen molar-refractivity contribution in [2.45, 2.75) is 69.8 Å². The fourth-order valence-electron chi connectivity index (χ4n) is 5.15. The number of rotatable bonds is 7. The van der Waals surface area contributed by atoms with Crippen LogP contribution in [0.1, 0.15) is 74.1 Å². The van der Waals surface area contributed by atoms with Crippen LogP contribution in [0.2, 0.25) is 0 Å². The topological polar surface area (TPSA) is 82.5 Å². The van der Waals surface area contributed by atoms with Crippen molar-refractivity contribution in [2.24, 2.45) is 0 Å². The van der Waals surface area contributed by atoms with Crippen LogP contribution >= 0.6 is 0 Å². The first kappa shape index (κ1) is 26.7. The lowest BCUT2D eigenvalue weighted by Crippen LogP contribution is -2.39. The van der Waals surface area contributed by atoms with Crippen LogP contribution in [0.5, 0.6) is 0 Å². The van der Waals surface area contributed by atoms with Gasteiger partial charge < -0.3 is 10.4 Å². The predicted octanol–water partition coefficient (Wildman–Crippen LogP) is 5.54. The van der Waals surface area contributed by atoms with Crippen molar-refractivity contribution >= 4 is 16.9 Å². The van der Waals surface area contributed by atoms with Gasteiger partial charge >= 0.3 is 0 Å². The monoisotopic (exact) mass is 535 g/mol. The summed E-state index contributed by atoms with van der Waals surface area (Å²) in [5, 5.41) is 13.0. The molecular formula is C30H34FN3O3S. The van der Waals surface area contributed by atoms with Crippen molar-refractivity contribution in [3.05, 3.63) is 77.2 Å². The Morgan fingerprint density at radius 3 is 2.53 bits per heavy atom. The second-order valence-corrected chi connectivity index (χ2v) is 13.2. The van der Waals surface area contributed by atoms with Crippen LogP contribution < -0.4 is 5.32 Å². The number of carbonyl (C=O) groups is 1. The first-order valence-corrected chi connectivity index (χ1v) is 14.3. The summed E-state index contributed by atoms with van der Waals surface area (Å²) in [6.45, 7) is 6.08. The minimum absolute atomic E-state index is 0.0828. The fourth-order valence-corrected chi connectivity index (χ4v) is 6.55. The van der Waals surface area contributed by atoms with E-state index in [2.05, 4.69) is 5.32 Å². The van der Waals surface area contributed by atoms with Crippen LogP contribution in [-0.4, -0.2) is 41.9 Å². The van der Waals surface area contributed by atoms with Crippen molar-refractivity contribution < 1.29 is 18.5 Å². The molecule has 2 atom stereocenters. The van der Waals surface area contributed by atoms with E-state index in [1.165, 1.54) is 6.07 Å². The van der Waals surface area contributed by atoms with Gasteiger partial charge in [0.25, 0.3) is 5.91 Å². The summed E-state index contributed by atoms with van der Waals surface area (Å²) in [6, 6.07) is 15.7. The second kappa shape index (κ2) is 10.7. The van der Waals surface area contributed by atoms with Crippen molar-refractivity contribution in [1.82, 2.24) is 14.6 Å². The van der Waals surface area contributed by atoms with Gasteiger partial charge in [0.15, 0.2) is 0 Å². The molecule has 5 rings (SSSR count). The van der Waals surface area contributed by atoms with E-state index in [9.17, 15) is 18.5 Å². The van der Waals surface area contributed by atoms with Gasteiger partial charge in [0.05, 0.1) is 16.5 Å². The van der Waals surface area contributed by atoms with Gasteiger partial charge in [-0.1, -0.05) is 36.4 Å². The zero-order chi connectivity index (χ0) is 27.0. The Balaban J connectivity index is 1.65. The van der Waals surface area contributed by atoms with Gasteiger partial charge in [0, 0.05) is 35.9 Å². The van der Waals surface area contributed by atoms with E-state index in [1.807, 2.05) is 49.3 Å². The van der Waals surface area contributed by atoms with Crippen LogP contribution in [0, 0.1) is 5.82 Å². The van der Waals surface area contributed by atoms with Crippen LogP contribution in [0.4, 0.5) is 4.39 Å². The van der Waals surface area contributed by atoms with E-state index in [0.29, 0.717) is 35.5 Å². The number of fused-ring (bicyclic) bond motifs is 1. The first-order valence-electron chi connectivity index (χ1n) is 13.2. The van der Waals surface area contributed by atoms with E-state index in [0.717, 1.165) is 36.0 Å². The summed E-state index contributed by atoms with van der Waals surface area (Å²) in [5.74, 6) is -0.542. The Morgan fingerprint density at radius 2 is 1.87 bits per heavy atom. The average molecular weight is 536 g/mol. The lowest BCUT2D eigenvalue weighted by molar-refractivity contribution is 0.0912. The molecule has 2 aliphatic rings. The minimum Gasteiger partial charge on any atom is -0.396 e. The van der Waals surface area contributed by atoms with Crippen molar-refractivity contribution in [3.8, 4) is 22.4 Å². The molecule has 0 spiro atoms. The number of hydrogen-bond donors (Lipinski definition) is 2. The van der Waals surface area contributed by atoms with Gasteiger partial charge in [0.2, 0.25) is 0 Å². The highest BCUT2D eigenvalue weighted by atomic mass is 32.2. The number of aliphatic hydroxyl groups excluding tert-OH is 1. The zero-order valence-electron chi connectivity index (χ0n) is 22.0. The molecule has 0 saturated heterocycles. The van der Waals surface area contributed by atoms with E-state index < -0.39 is 15.7 Å². The molecule has 2 aromatic carbocycles. The molecule has 8 heteroatoms. The number of carbonyl (C=O) groups excluding carboxylic acids is 1. The van der Waals surface area contributed by atoms with Gasteiger partial charge in [-0.3, -0.25) is 4.79 Å². The molecule has 1 fully saturated rings. The van der Waals surface area contributed by atoms with Gasteiger partial charge in [0.1, 0.15) is 22.5 Å². The molecule has 38 heavy (non-hydrogen) atoms. The van der Waals surface area contributed by atoms with Crippen molar-refractivity contribution in [2.75, 3.05) is 6.61 Å². The molecule has 0 bridgehead atoms. The lowest BCUT2D eigenvalue weighted by atomic mass is 9.92. The number of benzene rings is 2. The molecule has 2 N–H and O–H groups in total. The number of pyridine rings is 1. The van der Waals surface area contributed by atoms with Crippen LogP contribution in [0.25, 0.3) is 22.4 Å². The number of nitrogens with zero attached hydrogens (tertiary/aromatic N) is 2. The Hall–Kier alpha value is -2.94.